The van der Waals surface area contributed by atoms with Crippen molar-refractivity contribution in [1.82, 2.24) is 0 Å². The van der Waals surface area contributed by atoms with Crippen LogP contribution in [0.3, 0.4) is 0 Å². The minimum absolute atomic E-state index is 0. The molecule has 0 saturated heterocycles. The van der Waals surface area contributed by atoms with Crippen LogP contribution in [0.1, 0.15) is 174 Å². The average Bonchev–Trinajstić information content (AvgIpc) is 2.84. The molecule has 1 atom stereocenters. The molecule has 0 rings (SSSR count). The summed E-state index contributed by atoms with van der Waals surface area (Å²) in [5.74, 6) is 0.0183. The van der Waals surface area contributed by atoms with Crippen LogP contribution in [0.15, 0.2) is 12.2 Å². The van der Waals surface area contributed by atoms with Crippen molar-refractivity contribution in [3.05, 3.63) is 12.2 Å². The second-order valence-corrected chi connectivity index (χ2v) is 11.9. The summed E-state index contributed by atoms with van der Waals surface area (Å²) in [6.45, 7) is 4.50. The Labute approximate surface area is 254 Å². The van der Waals surface area contributed by atoms with Crippen LogP contribution in [0.4, 0.5) is 0 Å². The van der Waals surface area contributed by atoms with Crippen molar-refractivity contribution in [2.45, 2.75) is 174 Å². The SMILES string of the molecule is CCCCCCCCCC/C=C/C(CCCCCCCCCCCCCCCCC)COS(=O)(=O)[O-].[Na+]. The average molecular weight is 553 g/mol. The first kappa shape index (κ1) is 39.8. The molecule has 0 heterocycles. The zero-order chi connectivity index (χ0) is 26.6. The predicted molar refractivity (Wildman–Crippen MR) is 155 cm³/mol. The Balaban J connectivity index is 0. The second-order valence-electron chi connectivity index (χ2n) is 10.9. The zero-order valence-electron chi connectivity index (χ0n) is 25.2. The molecule has 0 aromatic carbocycles. The van der Waals surface area contributed by atoms with Crippen molar-refractivity contribution in [2.75, 3.05) is 6.61 Å². The maximum absolute atomic E-state index is 10.9. The quantitative estimate of drug-likeness (QED) is 0.0318. The van der Waals surface area contributed by atoms with Crippen molar-refractivity contribution in [2.24, 2.45) is 5.92 Å². The van der Waals surface area contributed by atoms with Gasteiger partial charge in [-0.25, -0.2) is 8.42 Å². The number of allylic oxidation sites excluding steroid dienone is 1. The molecule has 0 spiro atoms. The van der Waals surface area contributed by atoms with Crippen molar-refractivity contribution < 1.29 is 46.7 Å². The topological polar surface area (TPSA) is 66.4 Å². The molecule has 0 bridgehead atoms. The summed E-state index contributed by atoms with van der Waals surface area (Å²) in [4.78, 5) is 0. The molecular formula is C31H61NaO4S. The van der Waals surface area contributed by atoms with E-state index >= 15 is 0 Å². The van der Waals surface area contributed by atoms with Gasteiger partial charge in [0.05, 0.1) is 6.61 Å². The molecule has 0 N–H and O–H groups in total. The maximum atomic E-state index is 10.9. The number of hydrogen-bond acceptors (Lipinski definition) is 4. The number of rotatable bonds is 29. The van der Waals surface area contributed by atoms with Crippen LogP contribution in [-0.4, -0.2) is 19.6 Å². The molecule has 216 valence electrons. The van der Waals surface area contributed by atoms with E-state index in [4.69, 9.17) is 0 Å². The third-order valence-corrected chi connectivity index (χ3v) is 7.66. The Kier molecular flexibility index (Phi) is 33.5. The molecule has 0 fully saturated rings. The first-order chi connectivity index (χ1) is 17.5. The Hall–Kier alpha value is 0.610. The van der Waals surface area contributed by atoms with Crippen LogP contribution in [0.2, 0.25) is 0 Å². The summed E-state index contributed by atoms with van der Waals surface area (Å²) < 4.78 is 37.2. The van der Waals surface area contributed by atoms with Gasteiger partial charge in [0.2, 0.25) is 10.4 Å². The van der Waals surface area contributed by atoms with E-state index in [9.17, 15) is 13.0 Å². The van der Waals surface area contributed by atoms with Crippen molar-refractivity contribution in [3.8, 4) is 0 Å². The zero-order valence-corrected chi connectivity index (χ0v) is 28.0. The standard InChI is InChI=1S/C31H62O4S.Na/c1-3-5-7-9-11-13-15-16-17-18-19-21-23-25-27-29-31(30-35-36(32,33)34)28-26-24-22-20-14-12-10-8-6-4-2;/h26,28,31H,3-25,27,29-30H2,1-2H3,(H,32,33,34);/q;+1/p-1/b28-26+;. The van der Waals surface area contributed by atoms with Gasteiger partial charge in [-0.2, -0.15) is 0 Å². The molecule has 0 aliphatic rings. The van der Waals surface area contributed by atoms with E-state index in [-0.39, 0.29) is 42.1 Å². The first-order valence-corrected chi connectivity index (χ1v) is 17.1. The van der Waals surface area contributed by atoms with Gasteiger partial charge in [0.25, 0.3) is 0 Å². The predicted octanol–water partition coefficient (Wildman–Crippen LogP) is 7.43. The van der Waals surface area contributed by atoms with Crippen LogP contribution in [0.25, 0.3) is 0 Å². The van der Waals surface area contributed by atoms with Crippen LogP contribution in [0.5, 0.6) is 0 Å². The molecular weight excluding hydrogens is 491 g/mol. The van der Waals surface area contributed by atoms with E-state index in [1.54, 1.807) is 0 Å². The van der Waals surface area contributed by atoms with Crippen LogP contribution in [0, 0.1) is 5.92 Å². The second kappa shape index (κ2) is 31.1. The van der Waals surface area contributed by atoms with Crippen molar-refractivity contribution in [1.29, 1.82) is 0 Å². The van der Waals surface area contributed by atoms with Gasteiger partial charge < -0.3 is 4.55 Å². The Morgan fingerprint density at radius 1 is 0.595 bits per heavy atom. The molecule has 0 amide bonds. The van der Waals surface area contributed by atoms with E-state index in [1.807, 2.05) is 0 Å². The largest absolute Gasteiger partial charge is 1.00 e. The van der Waals surface area contributed by atoms with Gasteiger partial charge in [0, 0.05) is 5.92 Å². The molecule has 0 aromatic heterocycles. The van der Waals surface area contributed by atoms with E-state index in [2.05, 4.69) is 30.2 Å². The fraction of sp³-hybridized carbons (Fsp3) is 0.935. The summed E-state index contributed by atoms with van der Waals surface area (Å²) >= 11 is 0. The van der Waals surface area contributed by atoms with E-state index in [0.29, 0.717) is 0 Å². The molecule has 0 aromatic rings. The minimum atomic E-state index is -4.62. The van der Waals surface area contributed by atoms with Crippen LogP contribution >= 0.6 is 0 Å². The first-order valence-electron chi connectivity index (χ1n) is 15.8. The molecule has 0 saturated carbocycles. The van der Waals surface area contributed by atoms with Gasteiger partial charge in [-0.3, -0.25) is 4.18 Å². The summed E-state index contributed by atoms with van der Waals surface area (Å²) in [5.41, 5.74) is 0. The monoisotopic (exact) mass is 552 g/mol. The smallest absolute Gasteiger partial charge is 0.726 e. The molecule has 0 aliphatic carbocycles. The molecule has 0 aliphatic heterocycles. The van der Waals surface area contributed by atoms with Gasteiger partial charge in [0.15, 0.2) is 0 Å². The van der Waals surface area contributed by atoms with Crippen LogP contribution in [-0.2, 0) is 14.6 Å². The molecule has 4 nitrogen and oxygen atoms in total. The van der Waals surface area contributed by atoms with Gasteiger partial charge in [-0.1, -0.05) is 167 Å². The van der Waals surface area contributed by atoms with Gasteiger partial charge in [-0.15, -0.1) is 0 Å². The van der Waals surface area contributed by atoms with Gasteiger partial charge in [0.1, 0.15) is 0 Å². The summed E-state index contributed by atoms with van der Waals surface area (Å²) in [6.07, 6.45) is 36.6. The van der Waals surface area contributed by atoms with Crippen LogP contribution < -0.4 is 29.6 Å². The maximum Gasteiger partial charge on any atom is 1.00 e. The van der Waals surface area contributed by atoms with Crippen molar-refractivity contribution in [3.63, 3.8) is 0 Å². The van der Waals surface area contributed by atoms with E-state index in [0.717, 1.165) is 19.3 Å². The molecule has 37 heavy (non-hydrogen) atoms. The minimum Gasteiger partial charge on any atom is -0.726 e. The fourth-order valence-electron chi connectivity index (χ4n) is 4.87. The Bertz CT molecular complexity index is 566. The molecule has 1 unspecified atom stereocenters. The summed E-state index contributed by atoms with van der Waals surface area (Å²) in [5, 5.41) is 0. The van der Waals surface area contributed by atoms with Gasteiger partial charge in [-0.05, 0) is 19.3 Å². The Morgan fingerprint density at radius 3 is 1.32 bits per heavy atom. The molecule has 6 heteroatoms. The van der Waals surface area contributed by atoms with E-state index in [1.165, 1.54) is 141 Å². The fourth-order valence-corrected chi connectivity index (χ4v) is 5.21. The van der Waals surface area contributed by atoms with E-state index < -0.39 is 10.4 Å². The van der Waals surface area contributed by atoms with Crippen molar-refractivity contribution >= 4 is 10.4 Å². The van der Waals surface area contributed by atoms with Gasteiger partial charge >= 0.3 is 29.6 Å². The Morgan fingerprint density at radius 2 is 0.946 bits per heavy atom. The normalized spacial score (nSPS) is 12.7. The third-order valence-electron chi connectivity index (χ3n) is 7.24. The number of hydrogen-bond donors (Lipinski definition) is 0. The summed E-state index contributed by atoms with van der Waals surface area (Å²) in [7, 11) is -4.62. The summed E-state index contributed by atoms with van der Waals surface area (Å²) in [6, 6.07) is 0. The number of unbranched alkanes of at least 4 members (excludes halogenated alkanes) is 22. The molecule has 0 radical (unpaired) electrons. The third kappa shape index (κ3) is 34.6.